The van der Waals surface area contributed by atoms with Gasteiger partial charge in [-0.3, -0.25) is 24.6 Å². The van der Waals surface area contributed by atoms with Crippen molar-refractivity contribution in [3.8, 4) is 0 Å². The Labute approximate surface area is 163 Å². The van der Waals surface area contributed by atoms with E-state index in [1.54, 1.807) is 11.8 Å². The summed E-state index contributed by atoms with van der Waals surface area (Å²) in [4.78, 5) is 41.3. The Kier molecular flexibility index (Phi) is 4.16. The summed E-state index contributed by atoms with van der Waals surface area (Å²) >= 11 is 1.70. The number of nitrogens with one attached hydrogen (secondary N) is 2. The Morgan fingerprint density at radius 3 is 2.52 bits per heavy atom. The number of carbonyl (C=O) groups excluding carboxylic acids is 3. The van der Waals surface area contributed by atoms with Gasteiger partial charge in [-0.2, -0.15) is 11.8 Å². The van der Waals surface area contributed by atoms with Crippen LogP contribution in [-0.4, -0.2) is 46.2 Å². The fourth-order valence-corrected chi connectivity index (χ4v) is 5.40. The van der Waals surface area contributed by atoms with Crippen molar-refractivity contribution in [2.24, 2.45) is 11.8 Å². The number of thioether (sulfide) groups is 1. The van der Waals surface area contributed by atoms with Crippen molar-refractivity contribution in [2.45, 2.75) is 44.3 Å². The molecule has 4 atom stereocenters. The van der Waals surface area contributed by atoms with Crippen LogP contribution in [0, 0.1) is 11.8 Å². The molecule has 0 radical (unpaired) electrons. The van der Waals surface area contributed by atoms with Crippen LogP contribution in [0.1, 0.15) is 32.8 Å². The van der Waals surface area contributed by atoms with E-state index in [4.69, 9.17) is 0 Å². The lowest BCUT2D eigenvalue weighted by Gasteiger charge is -2.34. The summed E-state index contributed by atoms with van der Waals surface area (Å²) in [6, 6.07) is 7.25. The van der Waals surface area contributed by atoms with E-state index in [0.717, 1.165) is 17.7 Å². The summed E-state index contributed by atoms with van der Waals surface area (Å²) in [6.07, 6.45) is 2.75. The summed E-state index contributed by atoms with van der Waals surface area (Å²) in [5.41, 5.74) is -0.294. The number of amides is 3. The second-order valence-electron chi connectivity index (χ2n) is 8.53. The van der Waals surface area contributed by atoms with E-state index in [1.165, 1.54) is 4.90 Å². The standard InChI is InChI=1S/C20H25N3O3S/c1-19(2,3)23-16(24)14-13(9-10-27-4)22-20(15(14)17(23)25)11-7-5-6-8-12(11)21-18(20)26/h5-8,13-15,22H,9-10H2,1-4H3,(H,21,26)/t13-,14-,15+,20-/m1/s1. The first-order chi connectivity index (χ1) is 12.7. The molecule has 0 unspecified atom stereocenters. The molecule has 27 heavy (non-hydrogen) atoms. The van der Waals surface area contributed by atoms with Gasteiger partial charge in [-0.05, 0) is 45.3 Å². The fourth-order valence-electron chi connectivity index (χ4n) is 4.91. The molecular weight excluding hydrogens is 362 g/mol. The van der Waals surface area contributed by atoms with E-state index in [-0.39, 0.29) is 23.8 Å². The number of nitrogens with zero attached hydrogens (tertiary/aromatic N) is 1. The number of anilines is 1. The average molecular weight is 388 g/mol. The minimum atomic E-state index is -1.17. The lowest BCUT2D eigenvalue weighted by Crippen LogP contribution is -2.55. The molecule has 3 aliphatic heterocycles. The van der Waals surface area contributed by atoms with Gasteiger partial charge in [-0.25, -0.2) is 0 Å². The molecule has 0 aromatic heterocycles. The van der Waals surface area contributed by atoms with Crippen LogP contribution >= 0.6 is 11.8 Å². The monoisotopic (exact) mass is 387 g/mol. The zero-order chi connectivity index (χ0) is 19.6. The van der Waals surface area contributed by atoms with Crippen LogP contribution in [0.4, 0.5) is 5.69 Å². The highest BCUT2D eigenvalue weighted by molar-refractivity contribution is 7.98. The Balaban J connectivity index is 1.87. The summed E-state index contributed by atoms with van der Waals surface area (Å²) in [5, 5.41) is 6.37. The van der Waals surface area contributed by atoms with Crippen molar-refractivity contribution in [3.05, 3.63) is 29.8 Å². The van der Waals surface area contributed by atoms with Crippen molar-refractivity contribution >= 4 is 35.2 Å². The molecule has 6 nitrogen and oxygen atoms in total. The Hall–Kier alpha value is -1.86. The maximum absolute atomic E-state index is 13.5. The predicted molar refractivity (Wildman–Crippen MR) is 105 cm³/mol. The average Bonchev–Trinajstić information content (AvgIpc) is 3.17. The van der Waals surface area contributed by atoms with Gasteiger partial charge in [0, 0.05) is 22.8 Å². The minimum Gasteiger partial charge on any atom is -0.324 e. The lowest BCUT2D eigenvalue weighted by molar-refractivity contribution is -0.147. The third kappa shape index (κ3) is 2.41. The van der Waals surface area contributed by atoms with Gasteiger partial charge >= 0.3 is 0 Å². The predicted octanol–water partition coefficient (Wildman–Crippen LogP) is 1.96. The van der Waals surface area contributed by atoms with Crippen LogP contribution in [0.3, 0.4) is 0 Å². The molecule has 1 aromatic carbocycles. The zero-order valence-corrected chi connectivity index (χ0v) is 16.9. The molecule has 0 bridgehead atoms. The number of para-hydroxylation sites is 1. The number of carbonyl (C=O) groups is 3. The van der Waals surface area contributed by atoms with Crippen LogP contribution in [0.15, 0.2) is 24.3 Å². The van der Waals surface area contributed by atoms with E-state index in [1.807, 2.05) is 51.3 Å². The number of likely N-dealkylation sites (tertiary alicyclic amines) is 1. The second-order valence-corrected chi connectivity index (χ2v) is 9.51. The summed E-state index contributed by atoms with van der Waals surface area (Å²) in [5.74, 6) is -1.01. The lowest BCUT2D eigenvalue weighted by atomic mass is 9.76. The molecule has 1 aromatic rings. The summed E-state index contributed by atoms with van der Waals surface area (Å²) in [6.45, 7) is 5.59. The number of rotatable bonds is 3. The molecule has 2 saturated heterocycles. The van der Waals surface area contributed by atoms with E-state index in [9.17, 15) is 14.4 Å². The first kappa shape index (κ1) is 18.5. The van der Waals surface area contributed by atoms with Crippen molar-refractivity contribution in [1.82, 2.24) is 10.2 Å². The number of hydrogen-bond donors (Lipinski definition) is 2. The van der Waals surface area contributed by atoms with Crippen LogP contribution in [0.5, 0.6) is 0 Å². The topological polar surface area (TPSA) is 78.5 Å². The van der Waals surface area contributed by atoms with Gasteiger partial charge in [0.15, 0.2) is 0 Å². The molecule has 144 valence electrons. The van der Waals surface area contributed by atoms with Gasteiger partial charge in [0.1, 0.15) is 5.54 Å². The number of imide groups is 1. The van der Waals surface area contributed by atoms with Crippen LogP contribution in [0.2, 0.25) is 0 Å². The largest absolute Gasteiger partial charge is 0.324 e. The molecule has 3 heterocycles. The molecule has 3 amide bonds. The highest BCUT2D eigenvalue weighted by Gasteiger charge is 2.71. The van der Waals surface area contributed by atoms with Crippen LogP contribution in [0.25, 0.3) is 0 Å². The first-order valence-electron chi connectivity index (χ1n) is 9.29. The third-order valence-electron chi connectivity index (χ3n) is 5.93. The summed E-state index contributed by atoms with van der Waals surface area (Å²) < 4.78 is 0. The third-order valence-corrected chi connectivity index (χ3v) is 6.57. The van der Waals surface area contributed by atoms with Gasteiger partial charge in [0.2, 0.25) is 17.7 Å². The Bertz CT molecular complexity index is 834. The van der Waals surface area contributed by atoms with Gasteiger partial charge in [0.05, 0.1) is 11.8 Å². The van der Waals surface area contributed by atoms with Gasteiger partial charge in [0.25, 0.3) is 0 Å². The molecule has 1 spiro atoms. The van der Waals surface area contributed by atoms with E-state index in [0.29, 0.717) is 5.69 Å². The van der Waals surface area contributed by atoms with Crippen LogP contribution in [-0.2, 0) is 19.9 Å². The maximum atomic E-state index is 13.5. The smallest absolute Gasteiger partial charge is 0.250 e. The molecule has 4 rings (SSSR count). The summed E-state index contributed by atoms with van der Waals surface area (Å²) in [7, 11) is 0. The maximum Gasteiger partial charge on any atom is 0.250 e. The fraction of sp³-hybridized carbons (Fsp3) is 0.550. The number of hydrogen-bond acceptors (Lipinski definition) is 5. The second kappa shape index (κ2) is 6.07. The van der Waals surface area contributed by atoms with Crippen molar-refractivity contribution in [3.63, 3.8) is 0 Å². The van der Waals surface area contributed by atoms with Crippen molar-refractivity contribution in [2.75, 3.05) is 17.3 Å². The number of benzene rings is 1. The van der Waals surface area contributed by atoms with E-state index in [2.05, 4.69) is 10.6 Å². The number of fused-ring (bicyclic) bond motifs is 4. The van der Waals surface area contributed by atoms with Crippen LogP contribution < -0.4 is 10.6 Å². The SMILES string of the molecule is CSCC[C@H]1N[C@@]2(C(=O)Nc3ccccc32)[C@@H]2C(=O)N(C(C)(C)C)C(=O)[C@@H]21. The molecule has 0 aliphatic carbocycles. The molecule has 2 N–H and O–H groups in total. The highest BCUT2D eigenvalue weighted by atomic mass is 32.2. The van der Waals surface area contributed by atoms with Gasteiger partial charge < -0.3 is 5.32 Å². The Morgan fingerprint density at radius 1 is 1.15 bits per heavy atom. The molecule has 2 fully saturated rings. The normalized spacial score (nSPS) is 32.2. The first-order valence-corrected chi connectivity index (χ1v) is 10.7. The van der Waals surface area contributed by atoms with Crippen molar-refractivity contribution in [1.29, 1.82) is 0 Å². The van der Waals surface area contributed by atoms with Crippen molar-refractivity contribution < 1.29 is 14.4 Å². The van der Waals surface area contributed by atoms with E-state index >= 15 is 0 Å². The molecule has 0 saturated carbocycles. The molecule has 3 aliphatic rings. The molecular formula is C20H25N3O3S. The molecule has 7 heteroatoms. The highest BCUT2D eigenvalue weighted by Crippen LogP contribution is 2.54. The van der Waals surface area contributed by atoms with E-state index < -0.39 is 22.9 Å². The van der Waals surface area contributed by atoms with Gasteiger partial charge in [-0.15, -0.1) is 0 Å². The minimum absolute atomic E-state index is 0.162. The Morgan fingerprint density at radius 2 is 1.85 bits per heavy atom. The quantitative estimate of drug-likeness (QED) is 0.775. The zero-order valence-electron chi connectivity index (χ0n) is 16.0. The van der Waals surface area contributed by atoms with Gasteiger partial charge in [-0.1, -0.05) is 18.2 Å².